The van der Waals surface area contributed by atoms with Crippen LogP contribution in [-0.2, 0) is 4.79 Å². The van der Waals surface area contributed by atoms with E-state index in [1.165, 1.54) is 0 Å². The molecule has 0 saturated heterocycles. The molecule has 1 unspecified atom stereocenters. The van der Waals surface area contributed by atoms with Crippen molar-refractivity contribution in [1.29, 1.82) is 0 Å². The first-order valence-electron chi connectivity index (χ1n) is 8.23. The van der Waals surface area contributed by atoms with Crippen LogP contribution >= 0.6 is 0 Å². The Kier molecular flexibility index (Phi) is 8.13. The van der Waals surface area contributed by atoms with Gasteiger partial charge < -0.3 is 10.4 Å². The summed E-state index contributed by atoms with van der Waals surface area (Å²) in [6.07, 6.45) is 2.86. The Balaban J connectivity index is 2.75. The second-order valence-corrected chi connectivity index (χ2v) is 5.90. The van der Waals surface area contributed by atoms with Gasteiger partial charge in [-0.15, -0.1) is 0 Å². The number of aliphatic hydroxyl groups is 1. The lowest BCUT2D eigenvalue weighted by atomic mass is 10.1. The zero-order chi connectivity index (χ0) is 16.5. The summed E-state index contributed by atoms with van der Waals surface area (Å²) in [5, 5.41) is 12.1. The molecule has 4 nitrogen and oxygen atoms in total. The second-order valence-electron chi connectivity index (χ2n) is 5.90. The summed E-state index contributed by atoms with van der Waals surface area (Å²) < 4.78 is 0. The summed E-state index contributed by atoms with van der Waals surface area (Å²) in [6, 6.07) is 5.82. The van der Waals surface area contributed by atoms with Gasteiger partial charge in [0.2, 0.25) is 5.91 Å². The van der Waals surface area contributed by atoms with Gasteiger partial charge in [-0.05, 0) is 51.3 Å². The van der Waals surface area contributed by atoms with Crippen molar-refractivity contribution in [3.63, 3.8) is 0 Å². The minimum atomic E-state index is -0.197. The smallest absolute Gasteiger partial charge is 0.241 e. The maximum atomic E-state index is 12.6. The number of amides is 1. The number of unbranched alkanes of at least 4 members (excludes halogenated alkanes) is 1. The van der Waals surface area contributed by atoms with Crippen LogP contribution in [-0.4, -0.2) is 41.7 Å². The number of carbonyl (C=O) groups is 1. The molecule has 0 bridgehead atoms. The summed E-state index contributed by atoms with van der Waals surface area (Å²) in [7, 11) is 0. The van der Waals surface area contributed by atoms with E-state index in [2.05, 4.69) is 17.1 Å². The topological polar surface area (TPSA) is 52.6 Å². The molecule has 0 fully saturated rings. The molecule has 2 N–H and O–H groups in total. The monoisotopic (exact) mass is 306 g/mol. The molecule has 0 aliphatic heterocycles. The van der Waals surface area contributed by atoms with E-state index in [1.807, 2.05) is 39.0 Å². The highest BCUT2D eigenvalue weighted by atomic mass is 16.3. The van der Waals surface area contributed by atoms with Gasteiger partial charge >= 0.3 is 0 Å². The van der Waals surface area contributed by atoms with Crippen molar-refractivity contribution in [2.75, 3.05) is 25.0 Å². The number of anilines is 1. The number of benzene rings is 1. The van der Waals surface area contributed by atoms with E-state index in [9.17, 15) is 4.79 Å². The Bertz CT molecular complexity index is 446. The highest BCUT2D eigenvalue weighted by Crippen LogP contribution is 2.20. The fraction of sp³-hybridized carbons (Fsp3) is 0.611. The predicted octanol–water partition coefficient (Wildman–Crippen LogP) is 3.11. The van der Waals surface area contributed by atoms with Gasteiger partial charge in [-0.2, -0.15) is 0 Å². The molecule has 22 heavy (non-hydrogen) atoms. The molecular weight excluding hydrogens is 276 g/mol. The van der Waals surface area contributed by atoms with E-state index in [0.29, 0.717) is 6.42 Å². The molecule has 0 aliphatic rings. The number of para-hydroxylation sites is 1. The summed E-state index contributed by atoms with van der Waals surface area (Å²) in [5.41, 5.74) is 3.07. The number of aryl methyl sites for hydroxylation is 2. The van der Waals surface area contributed by atoms with Crippen molar-refractivity contribution in [2.45, 2.75) is 53.0 Å². The highest BCUT2D eigenvalue weighted by molar-refractivity contribution is 5.95. The van der Waals surface area contributed by atoms with Crippen molar-refractivity contribution in [2.24, 2.45) is 0 Å². The average Bonchev–Trinajstić information content (AvgIpc) is 2.50. The Morgan fingerprint density at radius 1 is 1.23 bits per heavy atom. The van der Waals surface area contributed by atoms with E-state index in [0.717, 1.165) is 42.7 Å². The Labute approximate surface area is 134 Å². The molecule has 0 aliphatic carbocycles. The summed E-state index contributed by atoms with van der Waals surface area (Å²) >= 11 is 0. The maximum Gasteiger partial charge on any atom is 0.241 e. The third kappa shape index (κ3) is 5.43. The predicted molar refractivity (Wildman–Crippen MR) is 92.2 cm³/mol. The quantitative estimate of drug-likeness (QED) is 0.737. The lowest BCUT2D eigenvalue weighted by molar-refractivity contribution is -0.120. The van der Waals surface area contributed by atoms with Crippen molar-refractivity contribution < 1.29 is 9.90 Å². The Hall–Kier alpha value is -1.39. The summed E-state index contributed by atoms with van der Waals surface area (Å²) in [4.78, 5) is 14.7. The first-order chi connectivity index (χ1) is 10.5. The van der Waals surface area contributed by atoms with Crippen LogP contribution in [0.3, 0.4) is 0 Å². The minimum absolute atomic E-state index is 0.0199. The first kappa shape index (κ1) is 18.7. The highest BCUT2D eigenvalue weighted by Gasteiger charge is 2.21. The Morgan fingerprint density at radius 2 is 1.82 bits per heavy atom. The lowest BCUT2D eigenvalue weighted by Gasteiger charge is -2.28. The molecule has 124 valence electrons. The van der Waals surface area contributed by atoms with Gasteiger partial charge in [-0.25, -0.2) is 0 Å². The van der Waals surface area contributed by atoms with Crippen LogP contribution in [0.1, 0.15) is 44.2 Å². The number of hydrogen-bond donors (Lipinski definition) is 2. The number of nitrogens with zero attached hydrogens (tertiary/aromatic N) is 1. The van der Waals surface area contributed by atoms with Gasteiger partial charge in [0, 0.05) is 18.8 Å². The van der Waals surface area contributed by atoms with E-state index in [-0.39, 0.29) is 18.6 Å². The zero-order valence-electron chi connectivity index (χ0n) is 14.4. The number of rotatable bonds is 9. The van der Waals surface area contributed by atoms with E-state index in [4.69, 9.17) is 5.11 Å². The standard InChI is InChI=1S/C18H30N2O2/c1-5-6-11-20(12-8-13-21)16(4)18(22)19-17-14(2)9-7-10-15(17)3/h7,9-10,16,21H,5-6,8,11-13H2,1-4H3,(H,19,22). The van der Waals surface area contributed by atoms with Gasteiger partial charge in [0.05, 0.1) is 6.04 Å². The molecule has 0 spiro atoms. The second kappa shape index (κ2) is 9.59. The van der Waals surface area contributed by atoms with Crippen LogP contribution in [0.15, 0.2) is 18.2 Å². The molecule has 1 rings (SSSR count). The van der Waals surface area contributed by atoms with Crippen LogP contribution in [0.5, 0.6) is 0 Å². The molecule has 0 radical (unpaired) electrons. The third-order valence-electron chi connectivity index (χ3n) is 4.06. The van der Waals surface area contributed by atoms with Crippen LogP contribution in [0.2, 0.25) is 0 Å². The van der Waals surface area contributed by atoms with E-state index < -0.39 is 0 Å². The number of aliphatic hydroxyl groups excluding tert-OH is 1. The molecule has 0 heterocycles. The van der Waals surface area contributed by atoms with E-state index >= 15 is 0 Å². The van der Waals surface area contributed by atoms with Gasteiger partial charge in [0.25, 0.3) is 0 Å². The average molecular weight is 306 g/mol. The van der Waals surface area contributed by atoms with Gasteiger partial charge in [0.15, 0.2) is 0 Å². The van der Waals surface area contributed by atoms with Gasteiger partial charge in [0.1, 0.15) is 0 Å². The van der Waals surface area contributed by atoms with Gasteiger partial charge in [-0.3, -0.25) is 9.69 Å². The van der Waals surface area contributed by atoms with E-state index in [1.54, 1.807) is 0 Å². The molecular formula is C18H30N2O2. The molecule has 1 aromatic rings. The maximum absolute atomic E-state index is 12.6. The third-order valence-corrected chi connectivity index (χ3v) is 4.06. The van der Waals surface area contributed by atoms with Crippen LogP contribution in [0, 0.1) is 13.8 Å². The van der Waals surface area contributed by atoms with Crippen LogP contribution in [0.25, 0.3) is 0 Å². The molecule has 1 atom stereocenters. The molecule has 1 amide bonds. The van der Waals surface area contributed by atoms with Crippen molar-refractivity contribution in [3.05, 3.63) is 29.3 Å². The molecule has 1 aromatic carbocycles. The van der Waals surface area contributed by atoms with Gasteiger partial charge in [-0.1, -0.05) is 31.5 Å². The first-order valence-corrected chi connectivity index (χ1v) is 8.23. The SMILES string of the molecule is CCCCN(CCCO)C(C)C(=O)Nc1c(C)cccc1C. The largest absolute Gasteiger partial charge is 0.396 e. The van der Waals surface area contributed by atoms with Crippen LogP contribution < -0.4 is 5.32 Å². The molecule has 4 heteroatoms. The number of nitrogens with one attached hydrogen (secondary N) is 1. The van der Waals surface area contributed by atoms with Crippen molar-refractivity contribution in [3.8, 4) is 0 Å². The van der Waals surface area contributed by atoms with Crippen LogP contribution in [0.4, 0.5) is 5.69 Å². The Morgan fingerprint density at radius 3 is 2.36 bits per heavy atom. The molecule has 0 saturated carbocycles. The minimum Gasteiger partial charge on any atom is -0.396 e. The molecule has 0 aromatic heterocycles. The fourth-order valence-corrected chi connectivity index (χ4v) is 2.54. The zero-order valence-corrected chi connectivity index (χ0v) is 14.4. The van der Waals surface area contributed by atoms with Crippen molar-refractivity contribution >= 4 is 11.6 Å². The number of hydrogen-bond acceptors (Lipinski definition) is 3. The fourth-order valence-electron chi connectivity index (χ4n) is 2.54. The lowest BCUT2D eigenvalue weighted by Crippen LogP contribution is -2.43. The van der Waals surface area contributed by atoms with Crippen molar-refractivity contribution in [1.82, 2.24) is 4.90 Å². The summed E-state index contributed by atoms with van der Waals surface area (Å²) in [5.74, 6) is 0.0199. The number of carbonyl (C=O) groups excluding carboxylic acids is 1. The normalized spacial score (nSPS) is 12.5. The summed E-state index contributed by atoms with van der Waals surface area (Å²) in [6.45, 7) is 9.90.